The Morgan fingerprint density at radius 2 is 1.50 bits per heavy atom. The van der Waals surface area contributed by atoms with Crippen molar-refractivity contribution in [3.8, 4) is 0 Å². The van der Waals surface area contributed by atoms with Crippen molar-refractivity contribution in [2.75, 3.05) is 10.6 Å². The van der Waals surface area contributed by atoms with E-state index in [4.69, 9.17) is 0 Å². The molecule has 1 unspecified atom stereocenters. The van der Waals surface area contributed by atoms with Gasteiger partial charge in [-0.05, 0) is 48.6 Å². The Balaban J connectivity index is 1.61. The fraction of sp³-hybridized carbons (Fsp3) is 0.263. The molecule has 1 fully saturated rings. The second kappa shape index (κ2) is 7.17. The maximum Gasteiger partial charge on any atom is 0.319 e. The lowest BCUT2D eigenvalue weighted by Gasteiger charge is -2.19. The lowest BCUT2D eigenvalue weighted by atomic mass is 10.0. The molecule has 0 bridgehead atoms. The number of benzene rings is 2. The third kappa shape index (κ3) is 4.35. The number of carbonyl (C=O) groups excluding carboxylic acids is 2. The van der Waals surface area contributed by atoms with E-state index < -0.39 is 0 Å². The summed E-state index contributed by atoms with van der Waals surface area (Å²) in [6.07, 6.45) is 2.29. The SMILES string of the molecule is CC(=O)Nc1ccc(NC(=O)NC(c2ccccc2)C2CC2)cc1. The van der Waals surface area contributed by atoms with E-state index >= 15 is 0 Å². The number of carbonyl (C=O) groups is 2. The van der Waals surface area contributed by atoms with E-state index in [0.29, 0.717) is 17.3 Å². The van der Waals surface area contributed by atoms with Crippen molar-refractivity contribution in [1.29, 1.82) is 0 Å². The van der Waals surface area contributed by atoms with Gasteiger partial charge in [-0.2, -0.15) is 0 Å². The average Bonchev–Trinajstić information content (AvgIpc) is 3.40. The molecule has 2 aromatic rings. The van der Waals surface area contributed by atoms with E-state index in [1.54, 1.807) is 24.3 Å². The van der Waals surface area contributed by atoms with E-state index in [2.05, 4.69) is 16.0 Å². The van der Waals surface area contributed by atoms with Crippen LogP contribution in [-0.4, -0.2) is 11.9 Å². The molecule has 1 saturated carbocycles. The van der Waals surface area contributed by atoms with Crippen LogP contribution in [0.25, 0.3) is 0 Å². The zero-order valence-corrected chi connectivity index (χ0v) is 13.6. The van der Waals surface area contributed by atoms with Crippen LogP contribution in [0.15, 0.2) is 54.6 Å². The minimum Gasteiger partial charge on any atom is -0.331 e. The minimum absolute atomic E-state index is 0.0462. The van der Waals surface area contributed by atoms with Crippen molar-refractivity contribution in [3.05, 3.63) is 60.2 Å². The van der Waals surface area contributed by atoms with E-state index in [9.17, 15) is 9.59 Å². The van der Waals surface area contributed by atoms with Crippen LogP contribution in [-0.2, 0) is 4.79 Å². The number of urea groups is 1. The Morgan fingerprint density at radius 3 is 2.04 bits per heavy atom. The largest absolute Gasteiger partial charge is 0.331 e. The average molecular weight is 323 g/mol. The van der Waals surface area contributed by atoms with Crippen molar-refractivity contribution in [2.24, 2.45) is 5.92 Å². The van der Waals surface area contributed by atoms with Gasteiger partial charge in [0.15, 0.2) is 0 Å². The van der Waals surface area contributed by atoms with Gasteiger partial charge in [-0.1, -0.05) is 30.3 Å². The number of rotatable bonds is 5. The zero-order chi connectivity index (χ0) is 16.9. The Morgan fingerprint density at radius 1 is 0.917 bits per heavy atom. The predicted octanol–water partition coefficient (Wildman–Crippen LogP) is 3.92. The first kappa shape index (κ1) is 16.1. The van der Waals surface area contributed by atoms with Crippen LogP contribution in [0.3, 0.4) is 0 Å². The molecule has 5 nitrogen and oxygen atoms in total. The van der Waals surface area contributed by atoms with Gasteiger partial charge < -0.3 is 16.0 Å². The molecular weight excluding hydrogens is 302 g/mol. The van der Waals surface area contributed by atoms with Gasteiger partial charge in [0.25, 0.3) is 0 Å². The molecule has 0 saturated heterocycles. The first-order chi connectivity index (χ1) is 11.6. The third-order valence-corrected chi connectivity index (χ3v) is 4.00. The fourth-order valence-electron chi connectivity index (χ4n) is 2.71. The fourth-order valence-corrected chi connectivity index (χ4v) is 2.71. The van der Waals surface area contributed by atoms with Gasteiger partial charge in [-0.15, -0.1) is 0 Å². The Labute approximate surface area is 141 Å². The van der Waals surface area contributed by atoms with Gasteiger partial charge in [0, 0.05) is 18.3 Å². The predicted molar refractivity (Wildman–Crippen MR) is 94.8 cm³/mol. The zero-order valence-electron chi connectivity index (χ0n) is 13.6. The van der Waals surface area contributed by atoms with Gasteiger partial charge >= 0.3 is 6.03 Å². The van der Waals surface area contributed by atoms with Crippen LogP contribution in [0.1, 0.15) is 31.4 Å². The van der Waals surface area contributed by atoms with Crippen molar-refractivity contribution in [3.63, 3.8) is 0 Å². The maximum absolute atomic E-state index is 12.3. The first-order valence-corrected chi connectivity index (χ1v) is 8.12. The van der Waals surface area contributed by atoms with Crippen molar-refractivity contribution >= 4 is 23.3 Å². The lowest BCUT2D eigenvalue weighted by molar-refractivity contribution is -0.114. The van der Waals surface area contributed by atoms with Crippen LogP contribution in [0.5, 0.6) is 0 Å². The van der Waals surface area contributed by atoms with Crippen LogP contribution < -0.4 is 16.0 Å². The van der Waals surface area contributed by atoms with Gasteiger partial charge in [0.1, 0.15) is 0 Å². The molecular formula is C19H21N3O2. The lowest BCUT2D eigenvalue weighted by Crippen LogP contribution is -2.33. The second-order valence-electron chi connectivity index (χ2n) is 6.08. The number of amides is 3. The Hall–Kier alpha value is -2.82. The molecule has 1 aliphatic rings. The highest BCUT2D eigenvalue weighted by Gasteiger charge is 2.33. The molecule has 3 amide bonds. The van der Waals surface area contributed by atoms with Gasteiger partial charge in [-0.25, -0.2) is 4.79 Å². The van der Waals surface area contributed by atoms with Crippen LogP contribution in [0, 0.1) is 5.92 Å². The highest BCUT2D eigenvalue weighted by molar-refractivity contribution is 5.91. The highest BCUT2D eigenvalue weighted by atomic mass is 16.2. The summed E-state index contributed by atoms with van der Waals surface area (Å²) < 4.78 is 0. The minimum atomic E-state index is -0.219. The van der Waals surface area contributed by atoms with E-state index in [1.807, 2.05) is 30.3 Å². The third-order valence-electron chi connectivity index (χ3n) is 4.00. The van der Waals surface area contributed by atoms with Crippen LogP contribution >= 0.6 is 0 Å². The van der Waals surface area contributed by atoms with E-state index in [1.165, 1.54) is 6.92 Å². The molecule has 0 spiro atoms. The normalized spacial score (nSPS) is 14.5. The van der Waals surface area contributed by atoms with Gasteiger partial charge in [0.05, 0.1) is 6.04 Å². The molecule has 5 heteroatoms. The standard InChI is InChI=1S/C19H21N3O2/c1-13(23)20-16-9-11-17(12-10-16)21-19(24)22-18(15-7-8-15)14-5-3-2-4-6-14/h2-6,9-12,15,18H,7-8H2,1H3,(H,20,23)(H2,21,22,24). The molecule has 124 valence electrons. The summed E-state index contributed by atoms with van der Waals surface area (Å²) in [5.74, 6) is 0.392. The summed E-state index contributed by atoms with van der Waals surface area (Å²) in [5.41, 5.74) is 2.52. The summed E-state index contributed by atoms with van der Waals surface area (Å²) in [5, 5.41) is 8.61. The molecule has 0 heterocycles. The second-order valence-corrected chi connectivity index (χ2v) is 6.08. The monoisotopic (exact) mass is 323 g/mol. The summed E-state index contributed by atoms with van der Waals surface area (Å²) in [6, 6.07) is 16.9. The molecule has 3 rings (SSSR count). The molecule has 1 aliphatic carbocycles. The summed E-state index contributed by atoms with van der Waals surface area (Å²) in [7, 11) is 0. The van der Waals surface area contributed by atoms with E-state index in [-0.39, 0.29) is 18.0 Å². The van der Waals surface area contributed by atoms with Gasteiger partial charge in [0.2, 0.25) is 5.91 Å². The molecule has 0 aromatic heterocycles. The molecule has 1 atom stereocenters. The summed E-state index contributed by atoms with van der Waals surface area (Å²) in [6.45, 7) is 1.46. The van der Waals surface area contributed by atoms with Crippen molar-refractivity contribution in [1.82, 2.24) is 5.32 Å². The Kier molecular flexibility index (Phi) is 4.79. The summed E-state index contributed by atoms with van der Waals surface area (Å²) in [4.78, 5) is 23.3. The number of hydrogen-bond acceptors (Lipinski definition) is 2. The smallest absolute Gasteiger partial charge is 0.319 e. The molecule has 0 radical (unpaired) electrons. The first-order valence-electron chi connectivity index (χ1n) is 8.12. The number of anilines is 2. The maximum atomic E-state index is 12.3. The number of nitrogens with one attached hydrogen (secondary N) is 3. The van der Waals surface area contributed by atoms with Crippen LogP contribution in [0.2, 0.25) is 0 Å². The quantitative estimate of drug-likeness (QED) is 0.780. The van der Waals surface area contributed by atoms with E-state index in [0.717, 1.165) is 18.4 Å². The van der Waals surface area contributed by atoms with Crippen molar-refractivity contribution < 1.29 is 9.59 Å². The highest BCUT2D eigenvalue weighted by Crippen LogP contribution is 2.40. The molecule has 24 heavy (non-hydrogen) atoms. The molecule has 3 N–H and O–H groups in total. The number of hydrogen-bond donors (Lipinski definition) is 3. The molecule has 0 aliphatic heterocycles. The summed E-state index contributed by atoms with van der Waals surface area (Å²) >= 11 is 0. The van der Waals surface area contributed by atoms with Crippen molar-refractivity contribution in [2.45, 2.75) is 25.8 Å². The Bertz CT molecular complexity index is 709. The topological polar surface area (TPSA) is 70.2 Å². The van der Waals surface area contributed by atoms with Crippen LogP contribution in [0.4, 0.5) is 16.2 Å². The van der Waals surface area contributed by atoms with Gasteiger partial charge in [-0.3, -0.25) is 4.79 Å². The molecule has 2 aromatic carbocycles.